The van der Waals surface area contributed by atoms with Crippen LogP contribution in [0.4, 0.5) is 0 Å². The molecule has 0 radical (unpaired) electrons. The Hall–Kier alpha value is -4.31. The molecule has 3 aromatic carbocycles. The van der Waals surface area contributed by atoms with Gasteiger partial charge in [-0.2, -0.15) is 5.10 Å². The van der Waals surface area contributed by atoms with Gasteiger partial charge in [-0.15, -0.1) is 10.2 Å². The minimum atomic E-state index is -0.311. The average Bonchev–Trinajstić information content (AvgIpc) is 3.33. The normalized spacial score (nSPS) is 11.0. The molecule has 2 N–H and O–H groups in total. The largest absolute Gasteiger partial charge is 0.502 e. The van der Waals surface area contributed by atoms with Crippen LogP contribution in [0, 0.1) is 6.92 Å². The maximum absolute atomic E-state index is 12.5. The molecule has 0 unspecified atom stereocenters. The highest BCUT2D eigenvalue weighted by Gasteiger charge is 2.17. The van der Waals surface area contributed by atoms with E-state index in [1.807, 2.05) is 66.1 Å². The summed E-state index contributed by atoms with van der Waals surface area (Å²) in [6, 6.07) is 21.0. The molecule has 0 fully saturated rings. The van der Waals surface area contributed by atoms with Crippen LogP contribution in [0.15, 0.2) is 77.0 Å². The van der Waals surface area contributed by atoms with Crippen LogP contribution in [0.25, 0.3) is 17.1 Å². The molecule has 0 saturated heterocycles. The van der Waals surface area contributed by atoms with Crippen molar-refractivity contribution in [2.24, 2.45) is 5.10 Å². The van der Waals surface area contributed by atoms with Crippen molar-refractivity contribution in [3.05, 3.63) is 77.9 Å². The molecule has 0 spiro atoms. The molecule has 4 rings (SSSR count). The van der Waals surface area contributed by atoms with Gasteiger partial charge in [-0.1, -0.05) is 59.8 Å². The molecular weight excluding hydrogens is 478 g/mol. The van der Waals surface area contributed by atoms with Crippen LogP contribution in [0.5, 0.6) is 17.2 Å². The van der Waals surface area contributed by atoms with Crippen molar-refractivity contribution < 1.29 is 19.4 Å². The van der Waals surface area contributed by atoms with Gasteiger partial charge in [-0.3, -0.25) is 9.36 Å². The molecule has 0 aliphatic carbocycles. The number of hydrogen-bond donors (Lipinski definition) is 2. The van der Waals surface area contributed by atoms with Crippen molar-refractivity contribution in [1.82, 2.24) is 20.2 Å². The number of amides is 1. The fourth-order valence-corrected chi connectivity index (χ4v) is 4.14. The van der Waals surface area contributed by atoms with Crippen LogP contribution in [0.1, 0.15) is 11.1 Å². The van der Waals surface area contributed by atoms with Gasteiger partial charge in [0.05, 0.1) is 26.2 Å². The fraction of sp³-hybridized carbons (Fsp3) is 0.154. The number of hydrogen-bond acceptors (Lipinski definition) is 8. The van der Waals surface area contributed by atoms with Crippen LogP contribution in [0.2, 0.25) is 0 Å². The van der Waals surface area contributed by atoms with Crippen molar-refractivity contribution in [1.29, 1.82) is 0 Å². The highest BCUT2D eigenvalue weighted by Crippen LogP contribution is 2.36. The van der Waals surface area contributed by atoms with E-state index >= 15 is 0 Å². The first-order chi connectivity index (χ1) is 17.5. The summed E-state index contributed by atoms with van der Waals surface area (Å²) in [5.41, 5.74) is 6.06. The molecule has 0 bridgehead atoms. The Bertz CT molecular complexity index is 1350. The topological polar surface area (TPSA) is 111 Å². The first kappa shape index (κ1) is 24.8. The highest BCUT2D eigenvalue weighted by atomic mass is 32.2. The number of nitrogens with zero attached hydrogens (tertiary/aromatic N) is 4. The standard InChI is InChI=1S/C26H25N5O4S/c1-17-9-11-20(12-10-17)31-25(19-7-5-4-6-8-19)29-30-26(31)36-16-23(32)28-27-15-18-13-21(34-2)24(33)22(14-18)35-3/h4-15,33H,16H2,1-3H3,(H,28,32)/b27-15-. The van der Waals surface area contributed by atoms with Gasteiger partial charge in [-0.05, 0) is 31.2 Å². The van der Waals surface area contributed by atoms with E-state index in [0.29, 0.717) is 16.5 Å². The van der Waals surface area contributed by atoms with E-state index in [0.717, 1.165) is 16.8 Å². The Morgan fingerprint density at radius 2 is 1.72 bits per heavy atom. The summed E-state index contributed by atoms with van der Waals surface area (Å²) in [4.78, 5) is 12.5. The van der Waals surface area contributed by atoms with Crippen molar-refractivity contribution in [3.8, 4) is 34.3 Å². The average molecular weight is 504 g/mol. The van der Waals surface area contributed by atoms with Crippen LogP contribution in [-0.4, -0.2) is 52.0 Å². The number of aromatic nitrogens is 3. The second kappa shape index (κ2) is 11.4. The summed E-state index contributed by atoms with van der Waals surface area (Å²) in [6.45, 7) is 2.03. The molecule has 4 aromatic rings. The van der Waals surface area contributed by atoms with E-state index in [2.05, 4.69) is 20.7 Å². The Morgan fingerprint density at radius 3 is 2.36 bits per heavy atom. The predicted molar refractivity (Wildman–Crippen MR) is 139 cm³/mol. The smallest absolute Gasteiger partial charge is 0.250 e. The molecule has 36 heavy (non-hydrogen) atoms. The van der Waals surface area contributed by atoms with E-state index in [4.69, 9.17) is 9.47 Å². The molecule has 0 aliphatic rings. The van der Waals surface area contributed by atoms with E-state index in [1.165, 1.54) is 32.2 Å². The number of hydrazone groups is 1. The molecule has 0 atom stereocenters. The number of aryl methyl sites for hydroxylation is 1. The van der Waals surface area contributed by atoms with Crippen LogP contribution < -0.4 is 14.9 Å². The maximum Gasteiger partial charge on any atom is 0.250 e. The SMILES string of the molecule is COc1cc(/C=N\NC(=O)CSc2nnc(-c3ccccc3)n2-c2ccc(C)cc2)cc(OC)c1O. The molecule has 1 heterocycles. The van der Waals surface area contributed by atoms with Gasteiger partial charge in [0.15, 0.2) is 22.5 Å². The monoisotopic (exact) mass is 503 g/mol. The van der Waals surface area contributed by atoms with Gasteiger partial charge in [0.2, 0.25) is 5.75 Å². The Morgan fingerprint density at radius 1 is 1.06 bits per heavy atom. The predicted octanol–water partition coefficient (Wildman–Crippen LogP) is 4.21. The fourth-order valence-electron chi connectivity index (χ4n) is 3.39. The number of ether oxygens (including phenoxy) is 2. The molecule has 0 saturated carbocycles. The number of rotatable bonds is 9. The number of nitrogens with one attached hydrogen (secondary N) is 1. The lowest BCUT2D eigenvalue weighted by Crippen LogP contribution is -2.20. The first-order valence-corrected chi connectivity index (χ1v) is 12.0. The lowest BCUT2D eigenvalue weighted by atomic mass is 10.2. The van der Waals surface area contributed by atoms with E-state index in [-0.39, 0.29) is 28.9 Å². The second-order valence-electron chi connectivity index (χ2n) is 7.70. The third-order valence-corrected chi connectivity index (χ3v) is 6.12. The van der Waals surface area contributed by atoms with E-state index < -0.39 is 0 Å². The Labute approximate surface area is 212 Å². The number of phenolic OH excluding ortho intramolecular Hbond substituents is 1. The van der Waals surface area contributed by atoms with Gasteiger partial charge >= 0.3 is 0 Å². The number of thioether (sulfide) groups is 1. The number of phenols is 1. The lowest BCUT2D eigenvalue weighted by Gasteiger charge is -2.10. The maximum atomic E-state index is 12.5. The second-order valence-corrected chi connectivity index (χ2v) is 8.64. The zero-order valence-electron chi connectivity index (χ0n) is 20.0. The summed E-state index contributed by atoms with van der Waals surface area (Å²) in [5.74, 6) is 0.831. The van der Waals surface area contributed by atoms with Crippen molar-refractivity contribution in [3.63, 3.8) is 0 Å². The molecule has 0 aliphatic heterocycles. The van der Waals surface area contributed by atoms with Gasteiger partial charge in [0.1, 0.15) is 0 Å². The third kappa shape index (κ3) is 5.66. The summed E-state index contributed by atoms with van der Waals surface area (Å²) in [6.07, 6.45) is 1.44. The van der Waals surface area contributed by atoms with Gasteiger partial charge in [-0.25, -0.2) is 5.43 Å². The van der Waals surface area contributed by atoms with Crippen LogP contribution in [0.3, 0.4) is 0 Å². The van der Waals surface area contributed by atoms with E-state index in [9.17, 15) is 9.90 Å². The minimum Gasteiger partial charge on any atom is -0.502 e. The van der Waals surface area contributed by atoms with Crippen molar-refractivity contribution >= 4 is 23.9 Å². The summed E-state index contributed by atoms with van der Waals surface area (Å²) in [5, 5.41) is 23.3. The molecule has 1 amide bonds. The Kier molecular flexibility index (Phi) is 7.86. The first-order valence-electron chi connectivity index (χ1n) is 11.0. The molecule has 184 valence electrons. The highest BCUT2D eigenvalue weighted by molar-refractivity contribution is 7.99. The zero-order chi connectivity index (χ0) is 25.5. The number of benzene rings is 3. The van der Waals surface area contributed by atoms with Crippen LogP contribution in [-0.2, 0) is 4.79 Å². The van der Waals surface area contributed by atoms with Gasteiger partial charge < -0.3 is 14.6 Å². The van der Waals surface area contributed by atoms with E-state index in [1.54, 1.807) is 12.1 Å². The van der Waals surface area contributed by atoms with Gasteiger partial charge in [0.25, 0.3) is 5.91 Å². The van der Waals surface area contributed by atoms with Gasteiger partial charge in [0, 0.05) is 16.8 Å². The number of carbonyl (C=O) groups is 1. The number of carbonyl (C=O) groups excluding carboxylic acids is 1. The molecular formula is C26H25N5O4S. The summed E-state index contributed by atoms with van der Waals surface area (Å²) < 4.78 is 12.2. The van der Waals surface area contributed by atoms with Crippen molar-refractivity contribution in [2.45, 2.75) is 12.1 Å². The zero-order valence-corrected chi connectivity index (χ0v) is 20.8. The minimum absolute atomic E-state index is 0.0817. The summed E-state index contributed by atoms with van der Waals surface area (Å²) >= 11 is 1.26. The van der Waals surface area contributed by atoms with Crippen molar-refractivity contribution in [2.75, 3.05) is 20.0 Å². The molecule has 10 heteroatoms. The number of aromatic hydroxyl groups is 1. The lowest BCUT2D eigenvalue weighted by molar-refractivity contribution is -0.118. The molecule has 1 aromatic heterocycles. The third-order valence-electron chi connectivity index (χ3n) is 5.19. The number of methoxy groups -OCH3 is 2. The summed E-state index contributed by atoms with van der Waals surface area (Å²) in [7, 11) is 2.87. The Balaban J connectivity index is 1.48. The molecule has 9 nitrogen and oxygen atoms in total. The quantitative estimate of drug-likeness (QED) is 0.200. The van der Waals surface area contributed by atoms with Crippen LogP contribution >= 0.6 is 11.8 Å².